The molecular weight excluding hydrogens is 426 g/mol. The molecule has 1 N–H and O–H groups in total. The first-order chi connectivity index (χ1) is 16.4. The van der Waals surface area contributed by atoms with Crippen molar-refractivity contribution in [2.24, 2.45) is 7.05 Å². The van der Waals surface area contributed by atoms with Gasteiger partial charge in [-0.1, -0.05) is 6.07 Å². The van der Waals surface area contributed by atoms with Gasteiger partial charge in [-0.25, -0.2) is 0 Å². The summed E-state index contributed by atoms with van der Waals surface area (Å²) >= 11 is 0. The molecule has 0 saturated carbocycles. The molecule has 0 saturated heterocycles. The summed E-state index contributed by atoms with van der Waals surface area (Å²) in [4.78, 5) is 17.4. The number of hydrogen-bond acceptors (Lipinski definition) is 5. The van der Waals surface area contributed by atoms with E-state index < -0.39 is 0 Å². The first kappa shape index (κ1) is 23.2. The van der Waals surface area contributed by atoms with Gasteiger partial charge in [0.25, 0.3) is 5.91 Å². The van der Waals surface area contributed by atoms with Gasteiger partial charge in [0.2, 0.25) is 0 Å². The third kappa shape index (κ3) is 4.83. The Morgan fingerprint density at radius 2 is 1.85 bits per heavy atom. The number of carbonyl (C=O) groups is 1. The summed E-state index contributed by atoms with van der Waals surface area (Å²) in [7, 11) is 3.55. The number of rotatable bonds is 7. The molecule has 7 nitrogen and oxygen atoms in total. The second-order valence-electron chi connectivity index (χ2n) is 8.36. The Morgan fingerprint density at radius 3 is 2.50 bits per heavy atom. The van der Waals surface area contributed by atoms with E-state index in [-0.39, 0.29) is 11.9 Å². The Bertz CT molecular complexity index is 1230. The molecule has 0 fully saturated rings. The molecule has 1 amide bonds. The third-order valence-corrected chi connectivity index (χ3v) is 6.10. The molecule has 0 radical (unpaired) electrons. The van der Waals surface area contributed by atoms with Crippen LogP contribution in [0.4, 0.5) is 5.69 Å². The molecule has 0 aliphatic carbocycles. The van der Waals surface area contributed by atoms with Crippen molar-refractivity contribution in [2.75, 3.05) is 18.6 Å². The van der Waals surface area contributed by atoms with E-state index in [0.717, 1.165) is 40.4 Å². The molecular formula is C27H31N5O2. The molecule has 1 aliphatic rings. The van der Waals surface area contributed by atoms with Crippen molar-refractivity contribution in [3.63, 3.8) is 0 Å². The van der Waals surface area contributed by atoms with Gasteiger partial charge >= 0.3 is 0 Å². The van der Waals surface area contributed by atoms with Crippen LogP contribution in [0, 0.1) is 6.92 Å². The number of anilines is 1. The summed E-state index contributed by atoms with van der Waals surface area (Å²) in [5, 5.41) is 7.42. The predicted octanol–water partition coefficient (Wildman–Crippen LogP) is 4.98. The van der Waals surface area contributed by atoms with Gasteiger partial charge in [-0.15, -0.1) is 0 Å². The van der Waals surface area contributed by atoms with Crippen LogP contribution in [-0.2, 0) is 7.05 Å². The number of nitrogens with one attached hydrogen (secondary N) is 1. The van der Waals surface area contributed by atoms with Crippen molar-refractivity contribution in [3.8, 4) is 17.0 Å². The summed E-state index contributed by atoms with van der Waals surface area (Å²) in [6.45, 7) is 6.94. The zero-order valence-electron chi connectivity index (χ0n) is 20.3. The molecule has 0 unspecified atom stereocenters. The van der Waals surface area contributed by atoms with Gasteiger partial charge in [-0.05, 0) is 68.3 Å². The maximum atomic E-state index is 13.3. The van der Waals surface area contributed by atoms with Crippen molar-refractivity contribution in [3.05, 3.63) is 90.2 Å². The second kappa shape index (κ2) is 9.87. The van der Waals surface area contributed by atoms with E-state index in [1.807, 2.05) is 91.7 Å². The first-order valence-electron chi connectivity index (χ1n) is 11.4. The number of aromatic nitrogens is 2. The SMILES string of the molecule is CCN1C=CN(c2ccc(C)c(C(=O)N[C@H](C)c3cc(OC)cc(-c4ccnn4C)c3)c2)C=C1. The highest BCUT2D eigenvalue weighted by atomic mass is 16.5. The molecule has 1 aliphatic heterocycles. The topological polar surface area (TPSA) is 62.6 Å². The predicted molar refractivity (Wildman–Crippen MR) is 135 cm³/mol. The van der Waals surface area contributed by atoms with E-state index in [4.69, 9.17) is 4.74 Å². The molecule has 1 aromatic heterocycles. The summed E-state index contributed by atoms with van der Waals surface area (Å²) in [5.41, 5.74) is 5.43. The number of carbonyl (C=O) groups excluding carboxylic acids is 1. The third-order valence-electron chi connectivity index (χ3n) is 6.10. The van der Waals surface area contributed by atoms with Crippen LogP contribution in [0.5, 0.6) is 5.75 Å². The highest BCUT2D eigenvalue weighted by Gasteiger charge is 2.17. The number of hydrogen-bond donors (Lipinski definition) is 1. The van der Waals surface area contributed by atoms with Crippen molar-refractivity contribution < 1.29 is 9.53 Å². The quantitative estimate of drug-likeness (QED) is 0.542. The van der Waals surface area contributed by atoms with Gasteiger partial charge in [0.1, 0.15) is 5.75 Å². The van der Waals surface area contributed by atoms with Gasteiger partial charge < -0.3 is 19.9 Å². The van der Waals surface area contributed by atoms with Crippen LogP contribution in [0.2, 0.25) is 0 Å². The monoisotopic (exact) mass is 457 g/mol. The molecule has 4 rings (SSSR count). The van der Waals surface area contributed by atoms with Crippen LogP contribution in [-0.4, -0.2) is 34.2 Å². The maximum Gasteiger partial charge on any atom is 0.252 e. The van der Waals surface area contributed by atoms with E-state index in [2.05, 4.69) is 28.3 Å². The molecule has 176 valence electrons. The van der Waals surface area contributed by atoms with Crippen molar-refractivity contribution in [2.45, 2.75) is 26.8 Å². The summed E-state index contributed by atoms with van der Waals surface area (Å²) in [6, 6.07) is 13.7. The fraction of sp³-hybridized carbons (Fsp3) is 0.259. The molecule has 1 atom stereocenters. The van der Waals surface area contributed by atoms with Gasteiger partial charge in [-0.3, -0.25) is 9.48 Å². The number of methoxy groups -OCH3 is 1. The second-order valence-corrected chi connectivity index (χ2v) is 8.36. The number of amides is 1. The fourth-order valence-corrected chi connectivity index (χ4v) is 3.97. The van der Waals surface area contributed by atoms with Crippen molar-refractivity contribution in [1.82, 2.24) is 20.0 Å². The Hall–Kier alpha value is -4.00. The lowest BCUT2D eigenvalue weighted by Crippen LogP contribution is -2.27. The highest BCUT2D eigenvalue weighted by molar-refractivity contribution is 5.97. The molecule has 7 heteroatoms. The average molecular weight is 458 g/mol. The van der Waals surface area contributed by atoms with E-state index in [0.29, 0.717) is 5.56 Å². The minimum atomic E-state index is -0.217. The lowest BCUT2D eigenvalue weighted by molar-refractivity contribution is 0.0939. The van der Waals surface area contributed by atoms with E-state index >= 15 is 0 Å². The maximum absolute atomic E-state index is 13.3. The van der Waals surface area contributed by atoms with Crippen LogP contribution >= 0.6 is 0 Å². The van der Waals surface area contributed by atoms with Crippen LogP contribution in [0.3, 0.4) is 0 Å². The zero-order valence-corrected chi connectivity index (χ0v) is 20.3. The first-order valence-corrected chi connectivity index (χ1v) is 11.4. The van der Waals surface area contributed by atoms with Gasteiger partial charge in [0, 0.05) is 61.4 Å². The minimum Gasteiger partial charge on any atom is -0.497 e. The number of nitrogens with zero attached hydrogens (tertiary/aromatic N) is 4. The summed E-state index contributed by atoms with van der Waals surface area (Å²) in [5.74, 6) is 0.620. The lowest BCUT2D eigenvalue weighted by atomic mass is 10.0. The van der Waals surface area contributed by atoms with Crippen LogP contribution in [0.1, 0.15) is 41.4 Å². The zero-order chi connectivity index (χ0) is 24.2. The largest absolute Gasteiger partial charge is 0.497 e. The molecule has 2 heterocycles. The Balaban J connectivity index is 1.56. The molecule has 34 heavy (non-hydrogen) atoms. The number of ether oxygens (including phenoxy) is 1. The average Bonchev–Trinajstić information content (AvgIpc) is 3.29. The Kier molecular flexibility index (Phi) is 6.72. The van der Waals surface area contributed by atoms with Crippen LogP contribution < -0.4 is 15.0 Å². The van der Waals surface area contributed by atoms with E-state index in [1.54, 1.807) is 13.3 Å². The Labute approximate surface area is 200 Å². The fourth-order valence-electron chi connectivity index (χ4n) is 3.97. The highest BCUT2D eigenvalue weighted by Crippen LogP contribution is 2.29. The number of benzene rings is 2. The Morgan fingerprint density at radius 1 is 1.09 bits per heavy atom. The van der Waals surface area contributed by atoms with Gasteiger partial charge in [0.05, 0.1) is 18.8 Å². The standard InChI is InChI=1S/C27H31N5O2/c1-6-31-11-13-32(14-12-31)23-8-7-19(2)25(18-23)27(33)29-20(3)21-15-22(17-24(16-21)34-5)26-9-10-28-30(26)4/h7-18,20H,6H2,1-5H3,(H,29,33)/t20-/m1/s1. The molecule has 0 bridgehead atoms. The van der Waals surface area contributed by atoms with Crippen molar-refractivity contribution in [1.29, 1.82) is 0 Å². The lowest BCUT2D eigenvalue weighted by Gasteiger charge is -2.25. The van der Waals surface area contributed by atoms with Crippen LogP contribution in [0.25, 0.3) is 11.3 Å². The van der Waals surface area contributed by atoms with Gasteiger partial charge in [-0.2, -0.15) is 5.10 Å². The van der Waals surface area contributed by atoms with E-state index in [9.17, 15) is 4.79 Å². The molecule has 3 aromatic rings. The van der Waals surface area contributed by atoms with Crippen molar-refractivity contribution >= 4 is 11.6 Å². The minimum absolute atomic E-state index is 0.114. The normalized spacial score (nSPS) is 13.8. The molecule has 0 spiro atoms. The van der Waals surface area contributed by atoms with Crippen LogP contribution in [0.15, 0.2) is 73.5 Å². The van der Waals surface area contributed by atoms with Gasteiger partial charge in [0.15, 0.2) is 0 Å². The molecule has 2 aromatic carbocycles. The van der Waals surface area contributed by atoms with E-state index in [1.165, 1.54) is 0 Å². The smallest absolute Gasteiger partial charge is 0.252 e. The summed E-state index contributed by atoms with van der Waals surface area (Å²) < 4.78 is 7.35. The number of aryl methyl sites for hydroxylation is 2. The summed E-state index contributed by atoms with van der Waals surface area (Å²) in [6.07, 6.45) is 9.79.